The molecule has 0 unspecified atom stereocenters. The third-order valence-electron chi connectivity index (χ3n) is 3.63. The lowest BCUT2D eigenvalue weighted by Crippen LogP contribution is -2.15. The van der Waals surface area contributed by atoms with Crippen LogP contribution in [0.3, 0.4) is 0 Å². The molecule has 1 aromatic heterocycles. The number of allylic oxidation sites excluding steroid dienone is 3. The van der Waals surface area contributed by atoms with Gasteiger partial charge < -0.3 is 4.74 Å². The number of ether oxygens (including phenoxy) is 1. The molecule has 128 valence electrons. The minimum Gasteiger partial charge on any atom is -0.484 e. The van der Waals surface area contributed by atoms with Crippen LogP contribution in [0.25, 0.3) is 11.3 Å². The Morgan fingerprint density at radius 2 is 2.36 bits per heavy atom. The van der Waals surface area contributed by atoms with Gasteiger partial charge in [0.25, 0.3) is 0 Å². The molecule has 0 amide bonds. The van der Waals surface area contributed by atoms with E-state index in [1.54, 1.807) is 25.3 Å². The number of halogens is 2. The predicted octanol–water partition coefficient (Wildman–Crippen LogP) is 3.86. The third-order valence-corrected chi connectivity index (χ3v) is 4.13. The summed E-state index contributed by atoms with van der Waals surface area (Å²) < 4.78 is 20.4. The van der Waals surface area contributed by atoms with Gasteiger partial charge in [0, 0.05) is 21.6 Å². The minimum absolute atomic E-state index is 0.154. The van der Waals surface area contributed by atoms with Gasteiger partial charge in [0.05, 0.1) is 0 Å². The van der Waals surface area contributed by atoms with Gasteiger partial charge in [0.1, 0.15) is 18.1 Å². The van der Waals surface area contributed by atoms with Crippen LogP contribution in [-0.4, -0.2) is 28.6 Å². The summed E-state index contributed by atoms with van der Waals surface area (Å²) in [5, 5.41) is 4.16. The number of hydrogen-bond donors (Lipinski definition) is 0. The van der Waals surface area contributed by atoms with Gasteiger partial charge in [-0.15, -0.1) is 0 Å². The van der Waals surface area contributed by atoms with Crippen molar-refractivity contribution in [2.45, 2.75) is 6.61 Å². The number of benzene rings is 1. The fourth-order valence-corrected chi connectivity index (χ4v) is 2.91. The number of aliphatic imine (C=N–C) groups is 1. The average Bonchev–Trinajstić information content (AvgIpc) is 3.02. The van der Waals surface area contributed by atoms with E-state index in [0.717, 1.165) is 15.6 Å². The molecule has 0 saturated carbocycles. The van der Waals surface area contributed by atoms with Gasteiger partial charge in [-0.3, -0.25) is 4.99 Å². The molecule has 0 fully saturated rings. The summed E-state index contributed by atoms with van der Waals surface area (Å²) in [5.41, 5.74) is 1.95. The second kappa shape index (κ2) is 7.02. The van der Waals surface area contributed by atoms with Crippen LogP contribution in [0.4, 0.5) is 4.53 Å². The second-order valence-corrected chi connectivity index (χ2v) is 5.99. The van der Waals surface area contributed by atoms with E-state index in [1.807, 2.05) is 18.2 Å². The summed E-state index contributed by atoms with van der Waals surface area (Å²) in [6, 6.07) is 5.66. The highest BCUT2D eigenvalue weighted by Crippen LogP contribution is 2.41. The Labute approximate surface area is 151 Å². The smallest absolute Gasteiger partial charge is 0.403 e. The van der Waals surface area contributed by atoms with Crippen LogP contribution < -0.4 is 4.74 Å². The summed E-state index contributed by atoms with van der Waals surface area (Å²) in [5.74, 6) is -0.650. The Hall–Kier alpha value is -2.74. The van der Waals surface area contributed by atoms with Crippen molar-refractivity contribution in [3.63, 3.8) is 0 Å². The largest absolute Gasteiger partial charge is 0.484 e. The third kappa shape index (κ3) is 3.00. The highest BCUT2D eigenvalue weighted by molar-refractivity contribution is 9.10. The quantitative estimate of drug-likeness (QED) is 0.441. The van der Waals surface area contributed by atoms with Crippen LogP contribution >= 0.6 is 15.9 Å². The molecule has 0 N–H and O–H groups in total. The Morgan fingerprint density at radius 3 is 3.04 bits per heavy atom. The Balaban J connectivity index is 2.30. The monoisotopic (exact) mass is 405 g/mol. The SMILES string of the molecule is C=C/C=C\C(=NC)n1nc(C(=O)OF)c2c1-c1cc(Br)ccc1CO2. The molecule has 3 rings (SSSR count). The van der Waals surface area contributed by atoms with Crippen LogP contribution in [-0.2, 0) is 11.5 Å². The molecule has 0 bridgehead atoms. The predicted molar refractivity (Wildman–Crippen MR) is 94.3 cm³/mol. The highest BCUT2D eigenvalue weighted by atomic mass is 79.9. The lowest BCUT2D eigenvalue weighted by atomic mass is 10.0. The molecule has 1 aliphatic rings. The van der Waals surface area contributed by atoms with Gasteiger partial charge in [0.15, 0.2) is 5.75 Å². The summed E-state index contributed by atoms with van der Waals surface area (Å²) in [6.45, 7) is 3.85. The maximum Gasteiger partial charge on any atom is 0.403 e. The van der Waals surface area contributed by atoms with E-state index in [4.69, 9.17) is 4.74 Å². The number of aromatic nitrogens is 2. The molecule has 25 heavy (non-hydrogen) atoms. The molecule has 6 nitrogen and oxygen atoms in total. The molecule has 0 aliphatic carbocycles. The summed E-state index contributed by atoms with van der Waals surface area (Å²) in [6.07, 6.45) is 4.92. The lowest BCUT2D eigenvalue weighted by molar-refractivity contribution is -0.0795. The van der Waals surface area contributed by atoms with Crippen molar-refractivity contribution in [3.8, 4) is 17.0 Å². The number of carbonyl (C=O) groups is 1. The summed E-state index contributed by atoms with van der Waals surface area (Å²) in [4.78, 5) is 19.3. The zero-order valence-electron chi connectivity index (χ0n) is 13.2. The molecule has 2 heterocycles. The van der Waals surface area contributed by atoms with E-state index >= 15 is 0 Å². The van der Waals surface area contributed by atoms with Crippen molar-refractivity contribution in [2.75, 3.05) is 7.05 Å². The molecule has 8 heteroatoms. The van der Waals surface area contributed by atoms with E-state index in [2.05, 4.69) is 37.5 Å². The molecule has 0 atom stereocenters. The normalized spacial score (nSPS) is 13.2. The number of rotatable bonds is 3. The minimum atomic E-state index is -1.23. The number of carbonyl (C=O) groups excluding carboxylic acids is 1. The van der Waals surface area contributed by atoms with Crippen molar-refractivity contribution in [1.29, 1.82) is 0 Å². The van der Waals surface area contributed by atoms with Crippen LogP contribution in [0.15, 0.2) is 52.5 Å². The van der Waals surface area contributed by atoms with Gasteiger partial charge >= 0.3 is 5.97 Å². The fraction of sp³-hybridized carbons (Fsp3) is 0.118. The molecule has 2 aromatic rings. The van der Waals surface area contributed by atoms with E-state index < -0.39 is 5.97 Å². The molecule has 0 saturated heterocycles. The van der Waals surface area contributed by atoms with Gasteiger partial charge in [-0.05, 0) is 23.8 Å². The molecular formula is C17H13BrFN3O3. The maximum absolute atomic E-state index is 12.5. The molecule has 1 aliphatic heterocycles. The average molecular weight is 406 g/mol. The van der Waals surface area contributed by atoms with E-state index in [1.165, 1.54) is 4.68 Å². The van der Waals surface area contributed by atoms with Gasteiger partial charge in [-0.1, -0.05) is 40.7 Å². The first kappa shape index (κ1) is 17.1. The standard InChI is InChI=1S/C17H13BrFN3O3/c1-3-4-5-13(20-2)22-15-12-8-11(18)7-6-10(12)9-24-16(15)14(21-22)17(23)25-19/h3-8H,1,9H2,2H3/b5-4-,20-13?. The van der Waals surface area contributed by atoms with Crippen LogP contribution in [0, 0.1) is 0 Å². The van der Waals surface area contributed by atoms with E-state index in [-0.39, 0.29) is 18.1 Å². The number of fused-ring (bicyclic) bond motifs is 3. The fourth-order valence-electron chi connectivity index (χ4n) is 2.55. The first-order valence-corrected chi connectivity index (χ1v) is 8.03. The van der Waals surface area contributed by atoms with E-state index in [9.17, 15) is 9.32 Å². The Kier molecular flexibility index (Phi) is 4.80. The Morgan fingerprint density at radius 1 is 1.56 bits per heavy atom. The molecule has 0 radical (unpaired) electrons. The highest BCUT2D eigenvalue weighted by Gasteiger charge is 2.32. The second-order valence-electron chi connectivity index (χ2n) is 5.07. The number of nitrogens with zero attached hydrogens (tertiary/aromatic N) is 3. The Bertz CT molecular complexity index is 918. The zero-order valence-corrected chi connectivity index (χ0v) is 14.8. The van der Waals surface area contributed by atoms with E-state index in [0.29, 0.717) is 11.5 Å². The van der Waals surface area contributed by atoms with Gasteiger partial charge in [-0.25, -0.2) is 14.4 Å². The first-order valence-electron chi connectivity index (χ1n) is 7.24. The zero-order chi connectivity index (χ0) is 18.0. The van der Waals surface area contributed by atoms with Crippen molar-refractivity contribution in [3.05, 3.63) is 58.7 Å². The topological polar surface area (TPSA) is 65.7 Å². The van der Waals surface area contributed by atoms with Gasteiger partial charge in [-0.2, -0.15) is 5.10 Å². The first-order chi connectivity index (χ1) is 12.1. The van der Waals surface area contributed by atoms with Crippen LogP contribution in [0.1, 0.15) is 16.1 Å². The van der Waals surface area contributed by atoms with Crippen LogP contribution in [0.5, 0.6) is 5.75 Å². The summed E-state index contributed by atoms with van der Waals surface area (Å²) in [7, 11) is 1.58. The molecular weight excluding hydrogens is 393 g/mol. The van der Waals surface area contributed by atoms with Crippen molar-refractivity contribution in [2.24, 2.45) is 4.99 Å². The molecule has 1 aromatic carbocycles. The lowest BCUT2D eigenvalue weighted by Gasteiger charge is -2.19. The van der Waals surface area contributed by atoms with Crippen molar-refractivity contribution >= 4 is 27.7 Å². The van der Waals surface area contributed by atoms with Crippen LogP contribution in [0.2, 0.25) is 0 Å². The van der Waals surface area contributed by atoms with Crippen molar-refractivity contribution < 1.29 is 19.0 Å². The number of hydrogen-bond acceptors (Lipinski definition) is 5. The maximum atomic E-state index is 12.5. The molecule has 0 spiro atoms. The van der Waals surface area contributed by atoms with Gasteiger partial charge in [0.2, 0.25) is 5.69 Å². The van der Waals surface area contributed by atoms with Crippen molar-refractivity contribution in [1.82, 2.24) is 9.78 Å². The summed E-state index contributed by atoms with van der Waals surface area (Å²) >= 11 is 3.43.